The fourth-order valence-corrected chi connectivity index (χ4v) is 2.98. The molecule has 0 spiro atoms. The largest absolute Gasteiger partial charge is 0.374 e. The average molecular weight is 339 g/mol. The Hall–Kier alpha value is -2.51. The minimum atomic E-state index is 0.119. The summed E-state index contributed by atoms with van der Waals surface area (Å²) in [5.74, 6) is 1.27. The normalized spacial score (nSPS) is 18.5. The summed E-state index contributed by atoms with van der Waals surface area (Å²) in [4.78, 5) is 6.81. The molecule has 0 unspecified atom stereocenters. The maximum atomic E-state index is 5.84. The third kappa shape index (κ3) is 3.94. The highest BCUT2D eigenvalue weighted by molar-refractivity contribution is 5.54. The lowest BCUT2D eigenvalue weighted by molar-refractivity contribution is -0.0426. The van der Waals surface area contributed by atoms with Crippen LogP contribution in [0.4, 0.5) is 0 Å². The van der Waals surface area contributed by atoms with E-state index in [0.29, 0.717) is 24.9 Å². The number of ether oxygens (including phenoxy) is 1. The van der Waals surface area contributed by atoms with Gasteiger partial charge in [0, 0.05) is 31.0 Å². The Morgan fingerprint density at radius 3 is 2.92 bits per heavy atom. The van der Waals surface area contributed by atoms with Crippen molar-refractivity contribution in [2.45, 2.75) is 26.1 Å². The molecule has 130 valence electrons. The van der Waals surface area contributed by atoms with E-state index >= 15 is 0 Å². The van der Waals surface area contributed by atoms with Gasteiger partial charge < -0.3 is 9.26 Å². The van der Waals surface area contributed by atoms with E-state index in [4.69, 9.17) is 9.26 Å². The molecule has 3 aromatic rings. The highest BCUT2D eigenvalue weighted by Gasteiger charge is 2.23. The van der Waals surface area contributed by atoms with Crippen LogP contribution in [0.25, 0.3) is 11.4 Å². The van der Waals surface area contributed by atoms with Crippen LogP contribution in [0.2, 0.25) is 0 Å². The SMILES string of the molecule is Cc1ccc(-c2noc(CN3CCO[C@H](Cn4cccn4)C3)n2)cc1. The van der Waals surface area contributed by atoms with Crippen LogP contribution < -0.4 is 0 Å². The van der Waals surface area contributed by atoms with Gasteiger partial charge in [-0.15, -0.1) is 0 Å². The van der Waals surface area contributed by atoms with Gasteiger partial charge in [0.15, 0.2) is 0 Å². The van der Waals surface area contributed by atoms with Crippen LogP contribution in [0.3, 0.4) is 0 Å². The topological polar surface area (TPSA) is 69.2 Å². The Morgan fingerprint density at radius 1 is 1.24 bits per heavy atom. The van der Waals surface area contributed by atoms with Gasteiger partial charge in [-0.05, 0) is 13.0 Å². The second-order valence-electron chi connectivity index (χ2n) is 6.33. The third-order valence-electron chi connectivity index (χ3n) is 4.31. The molecule has 1 aromatic carbocycles. The summed E-state index contributed by atoms with van der Waals surface area (Å²) >= 11 is 0. The van der Waals surface area contributed by atoms with E-state index in [1.165, 1.54) is 5.56 Å². The Kier molecular flexibility index (Phi) is 4.58. The van der Waals surface area contributed by atoms with E-state index < -0.39 is 0 Å². The van der Waals surface area contributed by atoms with Crippen molar-refractivity contribution in [3.05, 3.63) is 54.2 Å². The molecule has 0 bridgehead atoms. The van der Waals surface area contributed by atoms with Crippen LogP contribution in [0.5, 0.6) is 0 Å². The first-order valence-corrected chi connectivity index (χ1v) is 8.47. The quantitative estimate of drug-likeness (QED) is 0.709. The Balaban J connectivity index is 1.37. The molecule has 1 atom stereocenters. The summed E-state index contributed by atoms with van der Waals surface area (Å²) in [6, 6.07) is 10.0. The lowest BCUT2D eigenvalue weighted by Gasteiger charge is -2.31. The van der Waals surface area contributed by atoms with Gasteiger partial charge in [-0.3, -0.25) is 9.58 Å². The maximum Gasteiger partial charge on any atom is 0.241 e. The first-order valence-electron chi connectivity index (χ1n) is 8.47. The van der Waals surface area contributed by atoms with E-state index in [0.717, 1.165) is 25.2 Å². The molecule has 0 saturated carbocycles. The van der Waals surface area contributed by atoms with E-state index in [1.54, 1.807) is 6.20 Å². The number of aromatic nitrogens is 4. The maximum absolute atomic E-state index is 5.84. The molecular weight excluding hydrogens is 318 g/mol. The zero-order chi connectivity index (χ0) is 17.1. The van der Waals surface area contributed by atoms with Crippen LogP contribution in [-0.4, -0.2) is 50.6 Å². The van der Waals surface area contributed by atoms with E-state index in [-0.39, 0.29) is 6.10 Å². The Labute approximate surface area is 146 Å². The summed E-state index contributed by atoms with van der Waals surface area (Å²) in [5.41, 5.74) is 2.18. The molecule has 7 nitrogen and oxygen atoms in total. The van der Waals surface area contributed by atoms with Crippen molar-refractivity contribution in [1.82, 2.24) is 24.8 Å². The molecule has 1 fully saturated rings. The number of nitrogens with zero attached hydrogens (tertiary/aromatic N) is 5. The number of morpholine rings is 1. The highest BCUT2D eigenvalue weighted by Crippen LogP contribution is 2.18. The zero-order valence-electron chi connectivity index (χ0n) is 14.2. The molecular formula is C18H21N5O2. The number of benzene rings is 1. The smallest absolute Gasteiger partial charge is 0.241 e. The van der Waals surface area contributed by atoms with Gasteiger partial charge >= 0.3 is 0 Å². The standard InChI is InChI=1S/C18H21N5O2/c1-14-3-5-15(6-4-14)18-20-17(25-21-18)13-22-9-10-24-16(11-22)12-23-8-2-7-19-23/h2-8,16H,9-13H2,1H3/t16-/m0/s1. The summed E-state index contributed by atoms with van der Waals surface area (Å²) in [6.45, 7) is 5.83. The van der Waals surface area contributed by atoms with E-state index in [9.17, 15) is 0 Å². The molecule has 0 aliphatic carbocycles. The van der Waals surface area contributed by atoms with Gasteiger partial charge in [-0.1, -0.05) is 35.0 Å². The summed E-state index contributed by atoms with van der Waals surface area (Å²) in [6.07, 6.45) is 3.85. The fraction of sp³-hybridized carbons (Fsp3) is 0.389. The molecule has 1 aliphatic heterocycles. The second kappa shape index (κ2) is 7.16. The number of rotatable bonds is 5. The van der Waals surface area contributed by atoms with Crippen molar-refractivity contribution in [3.63, 3.8) is 0 Å². The predicted molar refractivity (Wildman–Crippen MR) is 91.7 cm³/mol. The highest BCUT2D eigenvalue weighted by atomic mass is 16.5. The minimum Gasteiger partial charge on any atom is -0.374 e. The van der Waals surface area contributed by atoms with Crippen LogP contribution in [-0.2, 0) is 17.8 Å². The van der Waals surface area contributed by atoms with Crippen LogP contribution >= 0.6 is 0 Å². The Bertz CT molecular complexity index is 797. The van der Waals surface area contributed by atoms with Gasteiger partial charge in [0.2, 0.25) is 11.7 Å². The summed E-state index contributed by atoms with van der Waals surface area (Å²) < 4.78 is 13.2. The lowest BCUT2D eigenvalue weighted by atomic mass is 10.1. The number of hydrogen-bond donors (Lipinski definition) is 0. The minimum absolute atomic E-state index is 0.119. The lowest BCUT2D eigenvalue weighted by Crippen LogP contribution is -2.43. The third-order valence-corrected chi connectivity index (χ3v) is 4.31. The first kappa shape index (κ1) is 16.0. The number of hydrogen-bond acceptors (Lipinski definition) is 6. The van der Waals surface area contributed by atoms with Gasteiger partial charge in [0.25, 0.3) is 0 Å². The Morgan fingerprint density at radius 2 is 2.12 bits per heavy atom. The first-order chi connectivity index (χ1) is 12.3. The molecule has 25 heavy (non-hydrogen) atoms. The van der Waals surface area contributed by atoms with Gasteiger partial charge in [0.05, 0.1) is 25.8 Å². The van der Waals surface area contributed by atoms with Crippen molar-refractivity contribution < 1.29 is 9.26 Å². The van der Waals surface area contributed by atoms with Crippen LogP contribution in [0, 0.1) is 6.92 Å². The molecule has 3 heterocycles. The molecule has 0 N–H and O–H groups in total. The van der Waals surface area contributed by atoms with Gasteiger partial charge in [0.1, 0.15) is 0 Å². The monoisotopic (exact) mass is 339 g/mol. The van der Waals surface area contributed by atoms with E-state index in [1.807, 2.05) is 41.2 Å². The fourth-order valence-electron chi connectivity index (χ4n) is 2.98. The van der Waals surface area contributed by atoms with Crippen molar-refractivity contribution in [3.8, 4) is 11.4 Å². The molecule has 0 radical (unpaired) electrons. The second-order valence-corrected chi connectivity index (χ2v) is 6.33. The van der Waals surface area contributed by atoms with Crippen molar-refractivity contribution in [2.24, 2.45) is 0 Å². The molecule has 1 aliphatic rings. The van der Waals surface area contributed by atoms with E-state index in [2.05, 4.69) is 27.1 Å². The van der Waals surface area contributed by atoms with Crippen molar-refractivity contribution in [2.75, 3.05) is 19.7 Å². The summed E-state index contributed by atoms with van der Waals surface area (Å²) in [7, 11) is 0. The molecule has 2 aromatic heterocycles. The van der Waals surface area contributed by atoms with Crippen LogP contribution in [0.1, 0.15) is 11.5 Å². The van der Waals surface area contributed by atoms with Crippen LogP contribution in [0.15, 0.2) is 47.2 Å². The molecule has 7 heteroatoms. The van der Waals surface area contributed by atoms with Gasteiger partial charge in [-0.25, -0.2) is 0 Å². The van der Waals surface area contributed by atoms with Gasteiger partial charge in [-0.2, -0.15) is 10.1 Å². The molecule has 4 rings (SSSR count). The number of aryl methyl sites for hydroxylation is 1. The predicted octanol–water partition coefficient (Wildman–Crippen LogP) is 2.14. The summed E-state index contributed by atoms with van der Waals surface area (Å²) in [5, 5.41) is 8.34. The van der Waals surface area contributed by atoms with Crippen molar-refractivity contribution >= 4 is 0 Å². The molecule has 1 saturated heterocycles. The van der Waals surface area contributed by atoms with Crippen molar-refractivity contribution in [1.29, 1.82) is 0 Å². The average Bonchev–Trinajstić information content (AvgIpc) is 3.28. The zero-order valence-corrected chi connectivity index (χ0v) is 14.2. The molecule has 0 amide bonds.